The van der Waals surface area contributed by atoms with Crippen LogP contribution in [-0.4, -0.2) is 67.7 Å². The van der Waals surface area contributed by atoms with Crippen molar-refractivity contribution in [3.05, 3.63) is 34.7 Å². The Labute approximate surface area is 231 Å². The van der Waals surface area contributed by atoms with Gasteiger partial charge < -0.3 is 25.4 Å². The second-order valence-electron chi connectivity index (χ2n) is 9.92. The SMILES string of the molecule is CO[C@H](CN[C@H]1CC[C@H](Nc2cc(-c3cc(NCC4CCOCC4)cnc3Cl)c(Cl)cn2)CC1)C(F)(F)F. The fourth-order valence-corrected chi connectivity index (χ4v) is 5.34. The Bertz CT molecular complexity index is 1050. The topological polar surface area (TPSA) is 80.3 Å². The molecule has 2 aromatic heterocycles. The van der Waals surface area contributed by atoms with Crippen LogP contribution in [0.1, 0.15) is 38.5 Å². The van der Waals surface area contributed by atoms with E-state index in [0.29, 0.717) is 27.5 Å². The van der Waals surface area contributed by atoms with Crippen molar-refractivity contribution in [2.75, 3.05) is 44.0 Å². The number of hydrogen-bond donors (Lipinski definition) is 3. The minimum absolute atomic E-state index is 0.0167. The third kappa shape index (κ3) is 8.08. The second kappa shape index (κ2) is 13.5. The number of methoxy groups -OCH3 is 1. The highest BCUT2D eigenvalue weighted by atomic mass is 35.5. The summed E-state index contributed by atoms with van der Waals surface area (Å²) in [5.74, 6) is 1.22. The zero-order chi connectivity index (χ0) is 27.1. The summed E-state index contributed by atoms with van der Waals surface area (Å²) in [5.41, 5.74) is 2.30. The Morgan fingerprint density at radius 3 is 2.39 bits per heavy atom. The van der Waals surface area contributed by atoms with Gasteiger partial charge in [-0.2, -0.15) is 13.2 Å². The molecule has 7 nitrogen and oxygen atoms in total. The van der Waals surface area contributed by atoms with E-state index in [0.717, 1.165) is 76.6 Å². The molecular weight excluding hydrogens is 542 g/mol. The molecule has 38 heavy (non-hydrogen) atoms. The number of hydrogen-bond acceptors (Lipinski definition) is 7. The van der Waals surface area contributed by atoms with Crippen LogP contribution >= 0.6 is 23.2 Å². The first-order valence-electron chi connectivity index (χ1n) is 13.0. The molecule has 1 saturated carbocycles. The summed E-state index contributed by atoms with van der Waals surface area (Å²) in [5, 5.41) is 10.7. The van der Waals surface area contributed by atoms with E-state index >= 15 is 0 Å². The quantitative estimate of drug-likeness (QED) is 0.292. The Morgan fingerprint density at radius 1 is 1.00 bits per heavy atom. The average molecular weight is 576 g/mol. The Hall–Kier alpha value is -1.85. The van der Waals surface area contributed by atoms with Gasteiger partial charge in [0.1, 0.15) is 11.0 Å². The summed E-state index contributed by atoms with van der Waals surface area (Å²) >= 11 is 13.0. The molecule has 2 aromatic rings. The molecule has 3 heterocycles. The molecular formula is C26H34Cl2F3N5O2. The number of halogens is 5. The molecule has 0 spiro atoms. The van der Waals surface area contributed by atoms with Crippen molar-refractivity contribution in [2.45, 2.75) is 62.9 Å². The van der Waals surface area contributed by atoms with Crippen LogP contribution in [-0.2, 0) is 9.47 Å². The average Bonchev–Trinajstić information content (AvgIpc) is 2.90. The molecule has 4 rings (SSSR count). The van der Waals surface area contributed by atoms with Crippen LogP contribution in [0.15, 0.2) is 24.5 Å². The lowest BCUT2D eigenvalue weighted by Crippen LogP contribution is -2.45. The number of pyridine rings is 2. The fraction of sp³-hybridized carbons (Fsp3) is 0.615. The summed E-state index contributed by atoms with van der Waals surface area (Å²) in [6, 6.07) is 3.98. The molecule has 12 heteroatoms. The summed E-state index contributed by atoms with van der Waals surface area (Å²) in [6.45, 7) is 2.18. The first-order chi connectivity index (χ1) is 18.2. The van der Waals surface area contributed by atoms with E-state index in [9.17, 15) is 13.2 Å². The number of aromatic nitrogens is 2. The molecule has 0 amide bonds. The molecule has 0 aromatic carbocycles. The molecule has 3 N–H and O–H groups in total. The molecule has 210 valence electrons. The van der Waals surface area contributed by atoms with Crippen LogP contribution < -0.4 is 16.0 Å². The highest BCUT2D eigenvalue weighted by Crippen LogP contribution is 2.35. The fourth-order valence-electron chi connectivity index (χ4n) is 4.93. The zero-order valence-corrected chi connectivity index (χ0v) is 22.8. The van der Waals surface area contributed by atoms with Crippen molar-refractivity contribution in [1.29, 1.82) is 0 Å². The van der Waals surface area contributed by atoms with Crippen LogP contribution in [0.4, 0.5) is 24.7 Å². The number of anilines is 2. The van der Waals surface area contributed by atoms with E-state index in [2.05, 4.69) is 30.7 Å². The molecule has 2 aliphatic rings. The molecule has 0 radical (unpaired) electrons. The van der Waals surface area contributed by atoms with Crippen LogP contribution in [0.5, 0.6) is 0 Å². The van der Waals surface area contributed by atoms with Crippen molar-refractivity contribution in [3.8, 4) is 11.1 Å². The smallest absolute Gasteiger partial charge is 0.384 e. The molecule has 1 atom stereocenters. The number of nitrogens with one attached hydrogen (secondary N) is 3. The van der Waals surface area contributed by atoms with Crippen LogP contribution in [0.25, 0.3) is 11.1 Å². The summed E-state index contributed by atoms with van der Waals surface area (Å²) in [6.07, 6.45) is 2.30. The summed E-state index contributed by atoms with van der Waals surface area (Å²) in [4.78, 5) is 8.79. The van der Waals surface area contributed by atoms with Gasteiger partial charge in [0, 0.05) is 62.8 Å². The third-order valence-electron chi connectivity index (χ3n) is 7.24. The number of alkyl halides is 3. The second-order valence-corrected chi connectivity index (χ2v) is 10.7. The van der Waals surface area contributed by atoms with Crippen molar-refractivity contribution >= 4 is 34.7 Å². The largest absolute Gasteiger partial charge is 0.415 e. The van der Waals surface area contributed by atoms with Crippen LogP contribution in [0.2, 0.25) is 10.2 Å². The predicted molar refractivity (Wildman–Crippen MR) is 144 cm³/mol. The van der Waals surface area contributed by atoms with E-state index in [1.165, 1.54) is 0 Å². The Kier molecular flexibility index (Phi) is 10.3. The first kappa shape index (κ1) is 29.1. The van der Waals surface area contributed by atoms with Gasteiger partial charge in [-0.3, -0.25) is 0 Å². The minimum atomic E-state index is -4.38. The molecule has 1 aliphatic heterocycles. The minimum Gasteiger partial charge on any atom is -0.384 e. The van der Waals surface area contributed by atoms with E-state index < -0.39 is 12.3 Å². The Morgan fingerprint density at radius 2 is 1.71 bits per heavy atom. The monoisotopic (exact) mass is 575 g/mol. The van der Waals surface area contributed by atoms with Gasteiger partial charge in [-0.15, -0.1) is 0 Å². The molecule has 1 saturated heterocycles. The zero-order valence-electron chi connectivity index (χ0n) is 21.3. The van der Waals surface area contributed by atoms with E-state index in [-0.39, 0.29) is 18.6 Å². The Balaban J connectivity index is 1.34. The maximum absolute atomic E-state index is 12.9. The van der Waals surface area contributed by atoms with Gasteiger partial charge in [-0.1, -0.05) is 23.2 Å². The standard InChI is InChI=1S/C26H34Cl2F3N5O2/c1-37-23(26(29,30)31)15-33-17-2-4-18(5-3-17)36-24-11-20(22(27)14-34-24)21-10-19(13-35-25(21)28)32-12-16-6-8-38-9-7-16/h10-11,13-14,16-18,23,32-33H,2-9,12,15H2,1H3,(H,34,36)/t17-,18-,23-/m1/s1. The number of rotatable bonds is 10. The maximum Gasteiger partial charge on any atom is 0.415 e. The van der Waals surface area contributed by atoms with Crippen molar-refractivity contribution in [2.24, 2.45) is 5.92 Å². The highest BCUT2D eigenvalue weighted by Gasteiger charge is 2.40. The van der Waals surface area contributed by atoms with Gasteiger partial charge >= 0.3 is 6.18 Å². The van der Waals surface area contributed by atoms with E-state index in [4.69, 9.17) is 27.9 Å². The van der Waals surface area contributed by atoms with Gasteiger partial charge in [-0.25, -0.2) is 9.97 Å². The van der Waals surface area contributed by atoms with Gasteiger partial charge in [0.15, 0.2) is 6.10 Å². The lowest BCUT2D eigenvalue weighted by molar-refractivity contribution is -0.211. The van der Waals surface area contributed by atoms with Crippen molar-refractivity contribution in [3.63, 3.8) is 0 Å². The maximum atomic E-state index is 12.9. The first-order valence-corrected chi connectivity index (χ1v) is 13.7. The third-order valence-corrected chi connectivity index (χ3v) is 7.84. The summed E-state index contributed by atoms with van der Waals surface area (Å²) < 4.78 is 48.8. The molecule has 2 fully saturated rings. The number of ether oxygens (including phenoxy) is 2. The van der Waals surface area contributed by atoms with E-state index in [1.807, 2.05) is 12.1 Å². The van der Waals surface area contributed by atoms with Gasteiger partial charge in [0.25, 0.3) is 0 Å². The lowest BCUT2D eigenvalue weighted by Gasteiger charge is -2.31. The lowest BCUT2D eigenvalue weighted by atomic mass is 9.91. The molecule has 0 unspecified atom stereocenters. The van der Waals surface area contributed by atoms with Crippen LogP contribution in [0, 0.1) is 5.92 Å². The van der Waals surface area contributed by atoms with Gasteiger partial charge in [0.2, 0.25) is 0 Å². The van der Waals surface area contributed by atoms with Crippen molar-refractivity contribution < 1.29 is 22.6 Å². The van der Waals surface area contributed by atoms with E-state index in [1.54, 1.807) is 12.4 Å². The van der Waals surface area contributed by atoms with Crippen LogP contribution in [0.3, 0.4) is 0 Å². The normalized spacial score (nSPS) is 21.7. The summed E-state index contributed by atoms with van der Waals surface area (Å²) in [7, 11) is 1.08. The number of nitrogens with zero attached hydrogens (tertiary/aromatic N) is 2. The van der Waals surface area contributed by atoms with Gasteiger partial charge in [0.05, 0.1) is 16.9 Å². The highest BCUT2D eigenvalue weighted by molar-refractivity contribution is 6.36. The molecule has 1 aliphatic carbocycles. The van der Waals surface area contributed by atoms with Crippen molar-refractivity contribution in [1.82, 2.24) is 15.3 Å². The molecule has 0 bridgehead atoms. The predicted octanol–water partition coefficient (Wildman–Crippen LogP) is 6.18. The van der Waals surface area contributed by atoms with Gasteiger partial charge in [-0.05, 0) is 56.6 Å².